The summed E-state index contributed by atoms with van der Waals surface area (Å²) < 4.78 is 35.5. The molecule has 9 heteroatoms. The molecule has 0 saturated heterocycles. The van der Waals surface area contributed by atoms with E-state index in [1.807, 2.05) is 0 Å². The maximum atomic E-state index is 11.5. The fourth-order valence-corrected chi connectivity index (χ4v) is 3.55. The Labute approximate surface area is 134 Å². The molecule has 0 aromatic carbocycles. The lowest BCUT2D eigenvalue weighted by atomic mass is 10.1. The number of ether oxygens (including phenoxy) is 1. The van der Waals surface area contributed by atoms with Crippen molar-refractivity contribution in [3.8, 4) is 11.8 Å². The third-order valence-electron chi connectivity index (χ3n) is 4.31. The minimum Gasteiger partial charge on any atom is -0.480 e. The summed E-state index contributed by atoms with van der Waals surface area (Å²) in [6.45, 7) is -0.539. The number of amides is 1. The maximum Gasteiger partial charge on any atom is 0.407 e. The number of fused-ring (bicyclic) bond motifs is 1. The van der Waals surface area contributed by atoms with Gasteiger partial charge >= 0.3 is 12.1 Å². The molecule has 128 valence electrons. The van der Waals surface area contributed by atoms with Crippen molar-refractivity contribution in [2.24, 2.45) is 17.8 Å². The van der Waals surface area contributed by atoms with Crippen LogP contribution < -0.4 is 5.32 Å². The van der Waals surface area contributed by atoms with Gasteiger partial charge in [-0.1, -0.05) is 0 Å². The number of aliphatic carboxylic acids is 1. The SMILES string of the molecule is O=C(NC[C@H](C(=O)O)S(=O)(=O)O)OC[C@@H]1[C@@H]2CCC#CCC[C@@H]21. The first kappa shape index (κ1) is 17.6. The Kier molecular flexibility index (Phi) is 5.49. The molecule has 8 nitrogen and oxygen atoms in total. The molecule has 0 aliphatic heterocycles. The van der Waals surface area contributed by atoms with Crippen molar-refractivity contribution in [3.05, 3.63) is 0 Å². The number of carboxylic acids is 1. The average molecular weight is 345 g/mol. The van der Waals surface area contributed by atoms with Crippen LogP contribution in [0.15, 0.2) is 0 Å². The number of carbonyl (C=O) groups excluding carboxylic acids is 1. The van der Waals surface area contributed by atoms with Crippen LogP contribution in [0, 0.1) is 29.6 Å². The molecule has 2 rings (SSSR count). The maximum absolute atomic E-state index is 11.5. The standard InChI is InChI=1S/C14H19NO7S/c16-13(17)12(23(19,20)21)7-15-14(18)22-8-11-9-5-3-1-2-4-6-10(9)11/h9-12H,3-8H2,(H,15,18)(H,16,17)(H,19,20,21)/t9-,10+,11-,12-/m1/s1. The average Bonchev–Trinajstić information content (AvgIpc) is 3.04. The molecule has 1 fully saturated rings. The zero-order valence-corrected chi connectivity index (χ0v) is 13.2. The minimum absolute atomic E-state index is 0.213. The molecule has 0 aromatic rings. The first-order chi connectivity index (χ1) is 10.8. The van der Waals surface area contributed by atoms with Gasteiger partial charge in [-0.15, -0.1) is 11.8 Å². The van der Waals surface area contributed by atoms with Crippen LogP contribution in [-0.2, 0) is 19.6 Å². The van der Waals surface area contributed by atoms with Gasteiger partial charge in [-0.05, 0) is 30.6 Å². The lowest BCUT2D eigenvalue weighted by Gasteiger charge is -2.11. The van der Waals surface area contributed by atoms with Crippen molar-refractivity contribution in [2.45, 2.75) is 30.9 Å². The summed E-state index contributed by atoms with van der Waals surface area (Å²) in [5, 5.41) is 8.65. The fraction of sp³-hybridized carbons (Fsp3) is 0.714. The van der Waals surface area contributed by atoms with Gasteiger partial charge in [0, 0.05) is 12.8 Å². The number of nitrogens with one attached hydrogen (secondary N) is 1. The number of carbonyl (C=O) groups is 2. The van der Waals surface area contributed by atoms with Crippen LogP contribution in [-0.4, -0.2) is 48.5 Å². The van der Waals surface area contributed by atoms with Crippen LogP contribution in [0.5, 0.6) is 0 Å². The highest BCUT2D eigenvalue weighted by Gasteiger charge is 2.49. The minimum atomic E-state index is -4.79. The van der Waals surface area contributed by atoms with Crippen molar-refractivity contribution >= 4 is 22.2 Å². The van der Waals surface area contributed by atoms with Crippen LogP contribution in [0.1, 0.15) is 25.7 Å². The summed E-state index contributed by atoms with van der Waals surface area (Å²) in [5.41, 5.74) is 0. The molecule has 1 amide bonds. The van der Waals surface area contributed by atoms with Crippen molar-refractivity contribution in [2.75, 3.05) is 13.2 Å². The van der Waals surface area contributed by atoms with Crippen LogP contribution in [0.4, 0.5) is 4.79 Å². The summed E-state index contributed by atoms with van der Waals surface area (Å²) in [6, 6.07) is 0. The molecule has 0 unspecified atom stereocenters. The molecule has 2 aliphatic carbocycles. The number of alkyl carbamates (subject to hydrolysis) is 1. The Morgan fingerprint density at radius 1 is 1.22 bits per heavy atom. The number of hydrogen-bond acceptors (Lipinski definition) is 5. The molecule has 3 N–H and O–H groups in total. The van der Waals surface area contributed by atoms with Gasteiger partial charge in [0.05, 0.1) is 13.2 Å². The zero-order chi connectivity index (χ0) is 17.0. The first-order valence-corrected chi connectivity index (χ1v) is 8.86. The fourth-order valence-electron chi connectivity index (χ4n) is 3.00. The molecular formula is C14H19NO7S. The van der Waals surface area contributed by atoms with Gasteiger partial charge in [0.1, 0.15) is 0 Å². The molecule has 0 heterocycles. The smallest absolute Gasteiger partial charge is 0.407 e. The van der Waals surface area contributed by atoms with E-state index in [9.17, 15) is 18.0 Å². The Morgan fingerprint density at radius 2 is 1.78 bits per heavy atom. The largest absolute Gasteiger partial charge is 0.480 e. The number of rotatable bonds is 6. The van der Waals surface area contributed by atoms with E-state index in [2.05, 4.69) is 17.2 Å². The summed E-state index contributed by atoms with van der Waals surface area (Å²) in [5.74, 6) is 5.70. The van der Waals surface area contributed by atoms with E-state index >= 15 is 0 Å². The monoisotopic (exact) mass is 345 g/mol. The third-order valence-corrected chi connectivity index (χ3v) is 5.40. The Bertz CT molecular complexity index is 615. The molecule has 0 aromatic heterocycles. The van der Waals surface area contributed by atoms with Gasteiger partial charge in [0.15, 0.2) is 0 Å². The molecular weight excluding hydrogens is 326 g/mol. The van der Waals surface area contributed by atoms with E-state index in [1.54, 1.807) is 0 Å². The van der Waals surface area contributed by atoms with Crippen LogP contribution in [0.3, 0.4) is 0 Å². The highest BCUT2D eigenvalue weighted by molar-refractivity contribution is 7.87. The second kappa shape index (κ2) is 7.19. The van der Waals surface area contributed by atoms with Crippen LogP contribution >= 0.6 is 0 Å². The lowest BCUT2D eigenvalue weighted by molar-refractivity contribution is -0.136. The zero-order valence-electron chi connectivity index (χ0n) is 12.4. The van der Waals surface area contributed by atoms with Gasteiger partial charge in [-0.2, -0.15) is 8.42 Å². The van der Waals surface area contributed by atoms with Crippen LogP contribution in [0.2, 0.25) is 0 Å². The second-order valence-corrected chi connectivity index (χ2v) is 7.34. The van der Waals surface area contributed by atoms with E-state index in [0.717, 1.165) is 25.7 Å². The van der Waals surface area contributed by atoms with E-state index in [0.29, 0.717) is 11.8 Å². The molecule has 0 spiro atoms. The van der Waals surface area contributed by atoms with Crippen molar-refractivity contribution in [3.63, 3.8) is 0 Å². The molecule has 0 bridgehead atoms. The predicted molar refractivity (Wildman–Crippen MR) is 79.0 cm³/mol. The third kappa shape index (κ3) is 4.84. The van der Waals surface area contributed by atoms with E-state index in [4.69, 9.17) is 14.4 Å². The highest BCUT2D eigenvalue weighted by Crippen LogP contribution is 2.52. The Balaban J connectivity index is 1.73. The summed E-state index contributed by atoms with van der Waals surface area (Å²) >= 11 is 0. The molecule has 23 heavy (non-hydrogen) atoms. The number of carboxylic acid groups (broad SMARTS) is 1. The highest BCUT2D eigenvalue weighted by atomic mass is 32.2. The van der Waals surface area contributed by atoms with Gasteiger partial charge in [-0.3, -0.25) is 9.35 Å². The summed E-state index contributed by atoms with van der Waals surface area (Å²) in [6.07, 6.45) is 2.76. The van der Waals surface area contributed by atoms with Gasteiger partial charge in [0.25, 0.3) is 10.1 Å². The molecule has 0 radical (unpaired) electrons. The van der Waals surface area contributed by atoms with Crippen LogP contribution in [0.25, 0.3) is 0 Å². The topological polar surface area (TPSA) is 130 Å². The molecule has 4 atom stereocenters. The summed E-state index contributed by atoms with van der Waals surface area (Å²) in [7, 11) is -4.79. The van der Waals surface area contributed by atoms with Gasteiger partial charge < -0.3 is 15.2 Å². The second-order valence-electron chi connectivity index (χ2n) is 5.74. The Morgan fingerprint density at radius 3 is 2.26 bits per heavy atom. The van der Waals surface area contributed by atoms with Gasteiger partial charge in [-0.25, -0.2) is 4.79 Å². The van der Waals surface area contributed by atoms with Crippen molar-refractivity contribution in [1.82, 2.24) is 5.32 Å². The van der Waals surface area contributed by atoms with Gasteiger partial charge in [0.2, 0.25) is 5.25 Å². The quantitative estimate of drug-likeness (QED) is 0.472. The summed E-state index contributed by atoms with van der Waals surface area (Å²) in [4.78, 5) is 22.3. The van der Waals surface area contributed by atoms with Crippen molar-refractivity contribution in [1.29, 1.82) is 0 Å². The predicted octanol–water partition coefficient (Wildman–Crippen LogP) is 0.493. The lowest BCUT2D eigenvalue weighted by Crippen LogP contribution is -2.41. The molecule has 2 aliphatic rings. The number of hydrogen-bond donors (Lipinski definition) is 3. The van der Waals surface area contributed by atoms with E-state index in [1.165, 1.54) is 0 Å². The van der Waals surface area contributed by atoms with Crippen molar-refractivity contribution < 1.29 is 32.4 Å². The van der Waals surface area contributed by atoms with E-state index in [-0.39, 0.29) is 12.5 Å². The first-order valence-electron chi connectivity index (χ1n) is 7.36. The normalized spacial score (nSPS) is 27.3. The van der Waals surface area contributed by atoms with E-state index < -0.39 is 34.0 Å². The Hall–Kier alpha value is -1.79. The molecule has 1 saturated carbocycles.